The van der Waals surface area contributed by atoms with Crippen LogP contribution in [0.4, 0.5) is 0 Å². The summed E-state index contributed by atoms with van der Waals surface area (Å²) in [5.41, 5.74) is 1.66. The molecule has 0 aliphatic carbocycles. The van der Waals surface area contributed by atoms with Crippen molar-refractivity contribution in [3.05, 3.63) is 64.9 Å². The molecule has 0 aliphatic rings. The SMILES string of the molecule is CC(=O)N(CCC(=O)NCc1ccccc1Cl)Cc1ccccn1. The van der Waals surface area contributed by atoms with Crippen molar-refractivity contribution in [1.29, 1.82) is 0 Å². The van der Waals surface area contributed by atoms with Crippen LogP contribution in [0.1, 0.15) is 24.6 Å². The molecule has 1 aromatic carbocycles. The minimum absolute atomic E-state index is 0.0837. The van der Waals surface area contributed by atoms with Gasteiger partial charge in [0, 0.05) is 37.7 Å². The van der Waals surface area contributed by atoms with Gasteiger partial charge >= 0.3 is 0 Å². The van der Waals surface area contributed by atoms with Gasteiger partial charge in [0.05, 0.1) is 12.2 Å². The monoisotopic (exact) mass is 345 g/mol. The summed E-state index contributed by atoms with van der Waals surface area (Å²) in [6.07, 6.45) is 1.92. The highest BCUT2D eigenvalue weighted by molar-refractivity contribution is 6.31. The molecule has 0 saturated heterocycles. The molecule has 0 aliphatic heterocycles. The minimum atomic E-state index is -0.123. The third-order valence-electron chi connectivity index (χ3n) is 3.57. The summed E-state index contributed by atoms with van der Waals surface area (Å²) in [6.45, 7) is 2.61. The maximum Gasteiger partial charge on any atom is 0.222 e. The smallest absolute Gasteiger partial charge is 0.222 e. The fourth-order valence-corrected chi connectivity index (χ4v) is 2.40. The van der Waals surface area contributed by atoms with Crippen LogP contribution in [0.3, 0.4) is 0 Å². The fourth-order valence-electron chi connectivity index (χ4n) is 2.20. The molecule has 24 heavy (non-hydrogen) atoms. The molecule has 0 bridgehead atoms. The van der Waals surface area contributed by atoms with Crippen LogP contribution in [0.25, 0.3) is 0 Å². The maximum absolute atomic E-state index is 12.0. The summed E-state index contributed by atoms with van der Waals surface area (Å²) in [5.74, 6) is -0.207. The van der Waals surface area contributed by atoms with Gasteiger partial charge in [-0.25, -0.2) is 0 Å². The molecular formula is C18H20ClN3O2. The van der Waals surface area contributed by atoms with E-state index in [-0.39, 0.29) is 18.2 Å². The Morgan fingerprint density at radius 1 is 1.17 bits per heavy atom. The topological polar surface area (TPSA) is 62.3 Å². The Morgan fingerprint density at radius 3 is 2.58 bits per heavy atom. The predicted octanol–water partition coefficient (Wildman–Crippen LogP) is 2.79. The summed E-state index contributed by atoms with van der Waals surface area (Å²) in [7, 11) is 0. The van der Waals surface area contributed by atoms with E-state index in [0.717, 1.165) is 11.3 Å². The van der Waals surface area contributed by atoms with E-state index < -0.39 is 0 Å². The molecule has 1 N–H and O–H groups in total. The first-order valence-electron chi connectivity index (χ1n) is 7.72. The summed E-state index contributed by atoms with van der Waals surface area (Å²) in [4.78, 5) is 29.5. The van der Waals surface area contributed by atoms with Gasteiger partial charge < -0.3 is 10.2 Å². The molecule has 0 fully saturated rings. The summed E-state index contributed by atoms with van der Waals surface area (Å²) in [5, 5.41) is 3.44. The lowest BCUT2D eigenvalue weighted by Crippen LogP contribution is -2.33. The molecule has 1 heterocycles. The van der Waals surface area contributed by atoms with Gasteiger partial charge in [-0.2, -0.15) is 0 Å². The number of carbonyl (C=O) groups excluding carboxylic acids is 2. The van der Waals surface area contributed by atoms with Crippen molar-refractivity contribution >= 4 is 23.4 Å². The van der Waals surface area contributed by atoms with Crippen LogP contribution < -0.4 is 5.32 Å². The van der Waals surface area contributed by atoms with Gasteiger partial charge in [0.1, 0.15) is 0 Å². The van der Waals surface area contributed by atoms with E-state index in [4.69, 9.17) is 11.6 Å². The number of rotatable bonds is 7. The van der Waals surface area contributed by atoms with Crippen LogP contribution in [0.2, 0.25) is 5.02 Å². The maximum atomic E-state index is 12.0. The zero-order valence-electron chi connectivity index (χ0n) is 13.5. The number of benzene rings is 1. The lowest BCUT2D eigenvalue weighted by Gasteiger charge is -2.20. The van der Waals surface area contributed by atoms with E-state index in [9.17, 15) is 9.59 Å². The van der Waals surface area contributed by atoms with Crippen molar-refractivity contribution in [2.75, 3.05) is 6.54 Å². The van der Waals surface area contributed by atoms with Crippen LogP contribution in [-0.4, -0.2) is 28.2 Å². The molecule has 2 amide bonds. The number of pyridine rings is 1. The predicted molar refractivity (Wildman–Crippen MR) is 93.2 cm³/mol. The van der Waals surface area contributed by atoms with Crippen LogP contribution >= 0.6 is 11.6 Å². The molecule has 0 spiro atoms. The average molecular weight is 346 g/mol. The number of halogens is 1. The Labute approximate surface area is 146 Å². The number of carbonyl (C=O) groups is 2. The van der Waals surface area contributed by atoms with Crippen LogP contribution in [0, 0.1) is 0 Å². The van der Waals surface area contributed by atoms with E-state index in [2.05, 4.69) is 10.3 Å². The van der Waals surface area contributed by atoms with Gasteiger partial charge in [0.15, 0.2) is 0 Å². The van der Waals surface area contributed by atoms with Crippen molar-refractivity contribution in [3.63, 3.8) is 0 Å². The third kappa shape index (κ3) is 5.66. The number of hydrogen-bond acceptors (Lipinski definition) is 3. The molecule has 126 valence electrons. The summed E-state index contributed by atoms with van der Waals surface area (Å²) >= 11 is 6.06. The first-order chi connectivity index (χ1) is 11.6. The normalized spacial score (nSPS) is 10.2. The summed E-state index contributed by atoms with van der Waals surface area (Å²) < 4.78 is 0. The molecule has 5 nitrogen and oxygen atoms in total. The van der Waals surface area contributed by atoms with Crippen LogP contribution in [-0.2, 0) is 22.7 Å². The van der Waals surface area contributed by atoms with Gasteiger partial charge in [0.2, 0.25) is 11.8 Å². The quantitative estimate of drug-likeness (QED) is 0.839. The molecule has 2 aromatic rings. The van der Waals surface area contributed by atoms with E-state index >= 15 is 0 Å². The third-order valence-corrected chi connectivity index (χ3v) is 3.94. The minimum Gasteiger partial charge on any atom is -0.352 e. The highest BCUT2D eigenvalue weighted by Crippen LogP contribution is 2.14. The Kier molecular flexibility index (Phi) is 6.75. The number of amides is 2. The first-order valence-corrected chi connectivity index (χ1v) is 8.09. The second-order valence-electron chi connectivity index (χ2n) is 5.38. The second-order valence-corrected chi connectivity index (χ2v) is 5.79. The van der Waals surface area contributed by atoms with Gasteiger partial charge in [-0.3, -0.25) is 14.6 Å². The van der Waals surface area contributed by atoms with Crippen molar-refractivity contribution in [3.8, 4) is 0 Å². The molecule has 6 heteroatoms. The van der Waals surface area contributed by atoms with Crippen LogP contribution in [0.15, 0.2) is 48.7 Å². The highest BCUT2D eigenvalue weighted by Gasteiger charge is 2.12. The van der Waals surface area contributed by atoms with Crippen molar-refractivity contribution in [1.82, 2.24) is 15.2 Å². The number of nitrogens with one attached hydrogen (secondary N) is 1. The lowest BCUT2D eigenvalue weighted by molar-refractivity contribution is -0.130. The van der Waals surface area contributed by atoms with Gasteiger partial charge in [0.25, 0.3) is 0 Å². The van der Waals surface area contributed by atoms with E-state index in [1.54, 1.807) is 17.2 Å². The highest BCUT2D eigenvalue weighted by atomic mass is 35.5. The van der Waals surface area contributed by atoms with E-state index in [1.807, 2.05) is 36.4 Å². The zero-order valence-corrected chi connectivity index (χ0v) is 14.3. The molecule has 2 rings (SSSR count). The number of nitrogens with zero attached hydrogens (tertiary/aromatic N) is 2. The molecular weight excluding hydrogens is 326 g/mol. The Balaban J connectivity index is 1.82. The van der Waals surface area contributed by atoms with Crippen molar-refractivity contribution in [2.45, 2.75) is 26.4 Å². The van der Waals surface area contributed by atoms with Gasteiger partial charge in [-0.1, -0.05) is 35.9 Å². The largest absolute Gasteiger partial charge is 0.352 e. The molecule has 0 radical (unpaired) electrons. The van der Waals surface area contributed by atoms with Crippen molar-refractivity contribution in [2.24, 2.45) is 0 Å². The first kappa shape index (κ1) is 17.9. The van der Waals surface area contributed by atoms with Gasteiger partial charge in [-0.05, 0) is 23.8 Å². The Bertz CT molecular complexity index is 692. The Morgan fingerprint density at radius 2 is 1.92 bits per heavy atom. The molecule has 0 unspecified atom stereocenters. The second kappa shape index (κ2) is 9.03. The molecule has 0 saturated carbocycles. The number of hydrogen-bond donors (Lipinski definition) is 1. The molecule has 0 atom stereocenters. The molecule has 1 aromatic heterocycles. The van der Waals surface area contributed by atoms with Gasteiger partial charge in [-0.15, -0.1) is 0 Å². The fraction of sp³-hybridized carbons (Fsp3) is 0.278. The summed E-state index contributed by atoms with van der Waals surface area (Å²) in [6, 6.07) is 12.9. The average Bonchev–Trinajstić information content (AvgIpc) is 2.58. The number of aromatic nitrogens is 1. The van der Waals surface area contributed by atoms with E-state index in [1.165, 1.54) is 6.92 Å². The van der Waals surface area contributed by atoms with E-state index in [0.29, 0.717) is 24.7 Å². The van der Waals surface area contributed by atoms with Crippen molar-refractivity contribution < 1.29 is 9.59 Å². The Hall–Kier alpha value is -2.40. The standard InChI is InChI=1S/C18H20ClN3O2/c1-14(23)22(13-16-7-4-5-10-20-16)11-9-18(24)21-12-15-6-2-3-8-17(15)19/h2-8,10H,9,11-13H2,1H3,(H,21,24). The zero-order chi connectivity index (χ0) is 17.4. The lowest BCUT2D eigenvalue weighted by atomic mass is 10.2. The van der Waals surface area contributed by atoms with Crippen LogP contribution in [0.5, 0.6) is 0 Å².